The van der Waals surface area contributed by atoms with Gasteiger partial charge in [0.25, 0.3) is 0 Å². The van der Waals surface area contributed by atoms with Crippen LogP contribution < -0.4 is 10.6 Å². The number of urea groups is 1. The molecule has 0 spiro atoms. The smallest absolute Gasteiger partial charge is 0.334 e. The summed E-state index contributed by atoms with van der Waals surface area (Å²) in [5, 5.41) is 22.1. The molecule has 0 aliphatic heterocycles. The van der Waals surface area contributed by atoms with E-state index in [1.54, 1.807) is 0 Å². The number of aliphatic carboxylic acids is 1. The molecular weight excluding hydrogens is 212 g/mol. The van der Waals surface area contributed by atoms with Gasteiger partial charge < -0.3 is 20.8 Å². The van der Waals surface area contributed by atoms with E-state index in [9.17, 15) is 9.59 Å². The maximum Gasteiger partial charge on any atom is 0.334 e. The Morgan fingerprint density at radius 1 is 1.25 bits per heavy atom. The Hall–Kier alpha value is -1.30. The first-order valence-corrected chi connectivity index (χ1v) is 5.36. The van der Waals surface area contributed by atoms with E-state index in [-0.39, 0.29) is 6.54 Å². The highest BCUT2D eigenvalue weighted by Gasteiger charge is 2.13. The fourth-order valence-electron chi connectivity index (χ4n) is 1.05. The number of amides is 2. The van der Waals surface area contributed by atoms with Crippen molar-refractivity contribution < 1.29 is 19.8 Å². The number of hydrogen-bond donors (Lipinski definition) is 4. The number of carboxylic acids is 1. The van der Waals surface area contributed by atoms with Crippen molar-refractivity contribution in [3.8, 4) is 0 Å². The van der Waals surface area contributed by atoms with Crippen LogP contribution in [0.3, 0.4) is 0 Å². The number of carbonyl (C=O) groups excluding carboxylic acids is 1. The van der Waals surface area contributed by atoms with Gasteiger partial charge >= 0.3 is 12.0 Å². The number of nitrogens with one attached hydrogen (secondary N) is 2. The van der Waals surface area contributed by atoms with Gasteiger partial charge in [-0.1, -0.05) is 13.8 Å². The summed E-state index contributed by atoms with van der Waals surface area (Å²) in [4.78, 5) is 21.3. The molecule has 0 radical (unpaired) electrons. The van der Waals surface area contributed by atoms with Crippen molar-refractivity contribution in [3.05, 3.63) is 0 Å². The van der Waals surface area contributed by atoms with Crippen molar-refractivity contribution in [2.24, 2.45) is 5.92 Å². The van der Waals surface area contributed by atoms with E-state index in [2.05, 4.69) is 24.5 Å². The topological polar surface area (TPSA) is 98.7 Å². The molecule has 4 N–H and O–H groups in total. The molecule has 0 aliphatic rings. The lowest BCUT2D eigenvalue weighted by atomic mass is 10.1. The lowest BCUT2D eigenvalue weighted by Crippen LogP contribution is -2.42. The van der Waals surface area contributed by atoms with Crippen molar-refractivity contribution >= 4 is 12.0 Å². The molecule has 6 heteroatoms. The average molecular weight is 232 g/mol. The second-order valence-corrected chi connectivity index (χ2v) is 4.03. The molecule has 0 aromatic heterocycles. The van der Waals surface area contributed by atoms with Gasteiger partial charge in [0.05, 0.1) is 6.54 Å². The van der Waals surface area contributed by atoms with E-state index >= 15 is 0 Å². The van der Waals surface area contributed by atoms with Gasteiger partial charge in [-0.3, -0.25) is 0 Å². The van der Waals surface area contributed by atoms with E-state index in [0.717, 1.165) is 12.8 Å². The summed E-state index contributed by atoms with van der Waals surface area (Å²) in [6.45, 7) is 4.46. The maximum atomic E-state index is 11.1. The normalized spacial score (nSPS) is 12.2. The van der Waals surface area contributed by atoms with E-state index in [1.165, 1.54) is 0 Å². The molecule has 0 saturated carbocycles. The molecule has 16 heavy (non-hydrogen) atoms. The third-order valence-electron chi connectivity index (χ3n) is 1.98. The first kappa shape index (κ1) is 14.7. The van der Waals surface area contributed by atoms with Gasteiger partial charge in [-0.2, -0.15) is 0 Å². The first-order valence-electron chi connectivity index (χ1n) is 5.36. The Balaban J connectivity index is 3.48. The zero-order chi connectivity index (χ0) is 12.6. The second kappa shape index (κ2) is 7.92. The second-order valence-electron chi connectivity index (χ2n) is 4.03. The van der Waals surface area contributed by atoms with Crippen molar-refractivity contribution in [3.63, 3.8) is 0 Å². The molecule has 0 bridgehead atoms. The third-order valence-corrected chi connectivity index (χ3v) is 1.98. The fraction of sp³-hybridized carbons (Fsp3) is 0.800. The van der Waals surface area contributed by atoms with Gasteiger partial charge in [0.2, 0.25) is 0 Å². The van der Waals surface area contributed by atoms with Crippen molar-refractivity contribution in [2.45, 2.75) is 32.8 Å². The summed E-state index contributed by atoms with van der Waals surface area (Å²) >= 11 is 0. The number of rotatable bonds is 7. The Kier molecular flexibility index (Phi) is 7.28. The number of carboxylic acid groups (broad SMARTS) is 1. The maximum absolute atomic E-state index is 11.1. The average Bonchev–Trinajstić information content (AvgIpc) is 2.20. The summed E-state index contributed by atoms with van der Waals surface area (Å²) in [6.07, 6.45) is 0.353. The highest BCUT2D eigenvalue weighted by molar-refractivity contribution is 5.76. The van der Waals surface area contributed by atoms with Gasteiger partial charge in [0, 0.05) is 6.54 Å². The zero-order valence-electron chi connectivity index (χ0n) is 9.69. The molecule has 6 nitrogen and oxygen atoms in total. The van der Waals surface area contributed by atoms with Crippen LogP contribution in [0.5, 0.6) is 0 Å². The lowest BCUT2D eigenvalue weighted by Gasteiger charge is -2.09. The molecular formula is C10H20N2O4. The largest absolute Gasteiger partial charge is 0.479 e. The van der Waals surface area contributed by atoms with Crippen LogP contribution in [0.1, 0.15) is 26.7 Å². The molecule has 0 unspecified atom stereocenters. The minimum Gasteiger partial charge on any atom is -0.479 e. The summed E-state index contributed by atoms with van der Waals surface area (Å²) in [7, 11) is 0. The molecule has 0 saturated heterocycles. The number of hydrogen-bond acceptors (Lipinski definition) is 3. The van der Waals surface area contributed by atoms with Crippen LogP contribution >= 0.6 is 0 Å². The zero-order valence-corrected chi connectivity index (χ0v) is 9.69. The van der Waals surface area contributed by atoms with Crippen molar-refractivity contribution in [1.29, 1.82) is 0 Å². The standard InChI is InChI=1S/C10H20N2O4/c1-7(2)4-3-5-11-10(16)12-6-8(13)9(14)15/h7-8,13H,3-6H2,1-2H3,(H,14,15)(H2,11,12,16)/t8-/m0/s1. The van der Waals surface area contributed by atoms with Crippen LogP contribution in [0.4, 0.5) is 4.79 Å². The Morgan fingerprint density at radius 2 is 1.88 bits per heavy atom. The minimum absolute atomic E-state index is 0.286. The van der Waals surface area contributed by atoms with Crippen LogP contribution in [0.15, 0.2) is 0 Å². The highest BCUT2D eigenvalue weighted by atomic mass is 16.4. The molecule has 0 heterocycles. The van der Waals surface area contributed by atoms with E-state index in [0.29, 0.717) is 12.5 Å². The highest BCUT2D eigenvalue weighted by Crippen LogP contribution is 2.01. The lowest BCUT2D eigenvalue weighted by molar-refractivity contribution is -0.146. The van der Waals surface area contributed by atoms with Gasteiger partial charge in [-0.25, -0.2) is 9.59 Å². The Labute approximate surface area is 95.0 Å². The molecule has 0 rings (SSSR count). The summed E-state index contributed by atoms with van der Waals surface area (Å²) in [6, 6.07) is -0.455. The van der Waals surface area contributed by atoms with Gasteiger partial charge in [0.15, 0.2) is 6.10 Å². The molecule has 0 aliphatic carbocycles. The van der Waals surface area contributed by atoms with E-state index in [1.807, 2.05) is 0 Å². The Morgan fingerprint density at radius 3 is 2.38 bits per heavy atom. The molecule has 1 atom stereocenters. The fourth-order valence-corrected chi connectivity index (χ4v) is 1.05. The van der Waals surface area contributed by atoms with Crippen molar-refractivity contribution in [2.75, 3.05) is 13.1 Å². The summed E-state index contributed by atoms with van der Waals surface area (Å²) < 4.78 is 0. The quantitative estimate of drug-likeness (QED) is 0.470. The molecule has 0 fully saturated rings. The summed E-state index contributed by atoms with van der Waals surface area (Å²) in [5.74, 6) is -0.751. The molecule has 94 valence electrons. The minimum atomic E-state index is -1.55. The number of carbonyl (C=O) groups is 2. The van der Waals surface area contributed by atoms with Gasteiger partial charge in [-0.15, -0.1) is 0 Å². The van der Waals surface area contributed by atoms with Crippen LogP contribution in [0.25, 0.3) is 0 Å². The Bertz CT molecular complexity index is 231. The first-order chi connectivity index (χ1) is 7.43. The molecule has 2 amide bonds. The van der Waals surface area contributed by atoms with Crippen LogP contribution in [-0.2, 0) is 4.79 Å². The van der Waals surface area contributed by atoms with Gasteiger partial charge in [-0.05, 0) is 18.8 Å². The molecule has 0 aromatic rings. The molecule has 0 aromatic carbocycles. The summed E-state index contributed by atoms with van der Waals surface area (Å²) in [5.41, 5.74) is 0. The predicted octanol–water partition coefficient (Wildman–Crippen LogP) is 0.167. The predicted molar refractivity (Wildman–Crippen MR) is 59.1 cm³/mol. The van der Waals surface area contributed by atoms with Crippen LogP contribution in [0, 0.1) is 5.92 Å². The van der Waals surface area contributed by atoms with Crippen molar-refractivity contribution in [1.82, 2.24) is 10.6 Å². The van der Waals surface area contributed by atoms with Crippen LogP contribution in [0.2, 0.25) is 0 Å². The van der Waals surface area contributed by atoms with Gasteiger partial charge in [0.1, 0.15) is 0 Å². The van der Waals surface area contributed by atoms with E-state index < -0.39 is 18.1 Å². The van der Waals surface area contributed by atoms with Crippen LogP contribution in [-0.4, -0.2) is 41.4 Å². The van der Waals surface area contributed by atoms with E-state index in [4.69, 9.17) is 10.2 Å². The monoisotopic (exact) mass is 232 g/mol. The number of aliphatic hydroxyl groups excluding tert-OH is 1. The SMILES string of the molecule is CC(C)CCCNC(=O)NC[C@H](O)C(=O)O. The third kappa shape index (κ3) is 8.05. The number of aliphatic hydroxyl groups is 1.